The van der Waals surface area contributed by atoms with Crippen LogP contribution < -0.4 is 10.6 Å². The highest BCUT2D eigenvalue weighted by Crippen LogP contribution is 2.24. The Morgan fingerprint density at radius 1 is 1.14 bits per heavy atom. The van der Waals surface area contributed by atoms with Crippen LogP contribution in [0, 0.1) is 10.1 Å². The Bertz CT molecular complexity index is 701. The van der Waals surface area contributed by atoms with E-state index in [0.29, 0.717) is 16.7 Å². The summed E-state index contributed by atoms with van der Waals surface area (Å²) in [5.41, 5.74) is 2.69. The number of nitro benzene ring substituents is 1. The summed E-state index contributed by atoms with van der Waals surface area (Å²) in [6.45, 7) is 4.22. The van der Waals surface area contributed by atoms with Crippen molar-refractivity contribution < 1.29 is 4.92 Å². The summed E-state index contributed by atoms with van der Waals surface area (Å²) in [5.74, 6) is 0.365. The van der Waals surface area contributed by atoms with Gasteiger partial charge in [0.1, 0.15) is 0 Å². The zero-order valence-corrected chi connectivity index (χ0v) is 13.2. The maximum absolute atomic E-state index is 10.8. The molecule has 0 fully saturated rings. The molecule has 0 aromatic heterocycles. The van der Waals surface area contributed by atoms with Crippen LogP contribution in [-0.2, 0) is 0 Å². The van der Waals surface area contributed by atoms with Gasteiger partial charge in [0.25, 0.3) is 5.69 Å². The quantitative estimate of drug-likeness (QED) is 0.493. The van der Waals surface area contributed by atoms with Gasteiger partial charge in [-0.3, -0.25) is 10.1 Å². The Labute approximate surface area is 134 Å². The molecular weight excluding hydrogens is 298 g/mol. The molecule has 0 bridgehead atoms. The average Bonchev–Trinajstić information content (AvgIpc) is 2.47. The lowest BCUT2D eigenvalue weighted by molar-refractivity contribution is -0.384. The minimum absolute atomic E-state index is 0.0235. The van der Waals surface area contributed by atoms with Crippen LogP contribution in [0.15, 0.2) is 48.5 Å². The van der Waals surface area contributed by atoms with Gasteiger partial charge in [0, 0.05) is 23.5 Å². The average molecular weight is 315 g/mol. The van der Waals surface area contributed by atoms with E-state index in [4.69, 9.17) is 12.2 Å². The molecule has 0 unspecified atom stereocenters. The molecule has 0 spiro atoms. The van der Waals surface area contributed by atoms with E-state index in [0.717, 1.165) is 11.3 Å². The highest BCUT2D eigenvalue weighted by atomic mass is 32.1. The van der Waals surface area contributed by atoms with E-state index in [-0.39, 0.29) is 5.69 Å². The number of nitrogens with zero attached hydrogens (tertiary/aromatic N) is 1. The van der Waals surface area contributed by atoms with Crippen LogP contribution in [0.25, 0.3) is 0 Å². The first-order valence-electron chi connectivity index (χ1n) is 6.88. The van der Waals surface area contributed by atoms with Crippen LogP contribution in [-0.4, -0.2) is 10.0 Å². The lowest BCUT2D eigenvalue weighted by Crippen LogP contribution is -2.20. The molecule has 2 aromatic carbocycles. The first-order valence-corrected chi connectivity index (χ1v) is 7.29. The first kappa shape index (κ1) is 15.9. The molecule has 2 rings (SSSR count). The summed E-state index contributed by atoms with van der Waals surface area (Å²) in [6, 6.07) is 14.2. The monoisotopic (exact) mass is 315 g/mol. The highest BCUT2D eigenvalue weighted by Gasteiger charge is 2.09. The Morgan fingerprint density at radius 2 is 1.86 bits per heavy atom. The standard InChI is InChI=1S/C16H17N3O2S/c1-11(2)14-8-3-4-9-15(14)18-16(22)17-12-6-5-7-13(10-12)19(20)21/h3-11H,1-2H3,(H2,17,18,22). The number of nitrogens with one attached hydrogen (secondary N) is 2. The van der Waals surface area contributed by atoms with Crippen molar-refractivity contribution >= 4 is 34.4 Å². The van der Waals surface area contributed by atoms with Gasteiger partial charge in [0.2, 0.25) is 0 Å². The SMILES string of the molecule is CC(C)c1ccccc1NC(=S)Nc1cccc([N+](=O)[O-])c1. The predicted molar refractivity (Wildman–Crippen MR) is 93.5 cm³/mol. The number of anilines is 2. The summed E-state index contributed by atoms with van der Waals surface area (Å²) in [7, 11) is 0. The van der Waals surface area contributed by atoms with Crippen molar-refractivity contribution in [1.82, 2.24) is 0 Å². The number of rotatable bonds is 4. The van der Waals surface area contributed by atoms with Crippen molar-refractivity contribution in [1.29, 1.82) is 0 Å². The van der Waals surface area contributed by atoms with Gasteiger partial charge in [-0.1, -0.05) is 38.1 Å². The molecule has 0 saturated carbocycles. The van der Waals surface area contributed by atoms with E-state index >= 15 is 0 Å². The molecule has 114 valence electrons. The molecule has 0 radical (unpaired) electrons. The molecule has 0 aliphatic rings. The molecule has 0 aliphatic carbocycles. The second-order valence-electron chi connectivity index (χ2n) is 5.13. The number of nitro groups is 1. The molecule has 5 nitrogen and oxygen atoms in total. The minimum atomic E-state index is -0.435. The lowest BCUT2D eigenvalue weighted by atomic mass is 10.0. The number of hydrogen-bond donors (Lipinski definition) is 2. The summed E-state index contributed by atoms with van der Waals surface area (Å²) >= 11 is 5.28. The largest absolute Gasteiger partial charge is 0.332 e. The first-order chi connectivity index (χ1) is 10.5. The molecule has 22 heavy (non-hydrogen) atoms. The van der Waals surface area contributed by atoms with Crippen molar-refractivity contribution in [2.24, 2.45) is 0 Å². The fourth-order valence-electron chi connectivity index (χ4n) is 2.10. The van der Waals surface area contributed by atoms with Gasteiger partial charge in [0.05, 0.1) is 4.92 Å². The van der Waals surface area contributed by atoms with Gasteiger partial charge < -0.3 is 10.6 Å². The van der Waals surface area contributed by atoms with E-state index in [1.54, 1.807) is 12.1 Å². The smallest absolute Gasteiger partial charge is 0.271 e. The summed E-state index contributed by atoms with van der Waals surface area (Å²) in [6.07, 6.45) is 0. The van der Waals surface area contributed by atoms with Crippen molar-refractivity contribution in [3.05, 3.63) is 64.2 Å². The van der Waals surface area contributed by atoms with Crippen LogP contribution in [0.5, 0.6) is 0 Å². The zero-order chi connectivity index (χ0) is 16.1. The van der Waals surface area contributed by atoms with Crippen molar-refractivity contribution in [3.63, 3.8) is 0 Å². The van der Waals surface area contributed by atoms with Crippen LogP contribution >= 0.6 is 12.2 Å². The normalized spacial score (nSPS) is 10.3. The number of benzene rings is 2. The lowest BCUT2D eigenvalue weighted by Gasteiger charge is -2.16. The summed E-state index contributed by atoms with van der Waals surface area (Å²) in [4.78, 5) is 10.3. The molecule has 6 heteroatoms. The van der Waals surface area contributed by atoms with Gasteiger partial charge in [0.15, 0.2) is 5.11 Å². The fourth-order valence-corrected chi connectivity index (χ4v) is 2.32. The minimum Gasteiger partial charge on any atom is -0.332 e. The number of hydrogen-bond acceptors (Lipinski definition) is 3. The van der Waals surface area contributed by atoms with Crippen LogP contribution in [0.2, 0.25) is 0 Å². The maximum Gasteiger partial charge on any atom is 0.271 e. The van der Waals surface area contributed by atoms with Gasteiger partial charge >= 0.3 is 0 Å². The van der Waals surface area contributed by atoms with Crippen LogP contribution in [0.4, 0.5) is 17.1 Å². The molecule has 0 saturated heterocycles. The van der Waals surface area contributed by atoms with Crippen molar-refractivity contribution in [2.75, 3.05) is 10.6 Å². The molecular formula is C16H17N3O2S. The molecule has 2 aromatic rings. The molecule has 0 atom stereocenters. The van der Waals surface area contributed by atoms with Crippen molar-refractivity contribution in [2.45, 2.75) is 19.8 Å². The molecule has 0 amide bonds. The number of thiocarbonyl (C=S) groups is 1. The van der Waals surface area contributed by atoms with E-state index in [1.807, 2.05) is 24.3 Å². The van der Waals surface area contributed by atoms with Gasteiger partial charge in [-0.2, -0.15) is 0 Å². The number of non-ortho nitro benzene ring substituents is 1. The van der Waals surface area contributed by atoms with E-state index in [9.17, 15) is 10.1 Å². The Balaban J connectivity index is 2.11. The second-order valence-corrected chi connectivity index (χ2v) is 5.54. The van der Waals surface area contributed by atoms with Gasteiger partial charge in [-0.25, -0.2) is 0 Å². The Morgan fingerprint density at radius 3 is 2.55 bits per heavy atom. The van der Waals surface area contributed by atoms with E-state index in [1.165, 1.54) is 12.1 Å². The van der Waals surface area contributed by atoms with E-state index in [2.05, 4.69) is 24.5 Å². The second kappa shape index (κ2) is 7.00. The predicted octanol–water partition coefficient (Wildman–Crippen LogP) is 4.53. The van der Waals surface area contributed by atoms with Crippen molar-refractivity contribution in [3.8, 4) is 0 Å². The fraction of sp³-hybridized carbons (Fsp3) is 0.188. The third-order valence-corrected chi connectivity index (χ3v) is 3.35. The molecule has 0 heterocycles. The summed E-state index contributed by atoms with van der Waals surface area (Å²) in [5, 5.41) is 17.3. The Kier molecular flexibility index (Phi) is 5.06. The van der Waals surface area contributed by atoms with Gasteiger partial charge in [-0.05, 0) is 35.8 Å². The zero-order valence-electron chi connectivity index (χ0n) is 12.4. The van der Waals surface area contributed by atoms with Crippen LogP contribution in [0.3, 0.4) is 0 Å². The maximum atomic E-state index is 10.8. The third-order valence-electron chi connectivity index (χ3n) is 3.15. The third kappa shape index (κ3) is 4.02. The molecule has 2 N–H and O–H groups in total. The molecule has 0 aliphatic heterocycles. The Hall–Kier alpha value is -2.47. The summed E-state index contributed by atoms with van der Waals surface area (Å²) < 4.78 is 0. The number of para-hydroxylation sites is 1. The van der Waals surface area contributed by atoms with E-state index < -0.39 is 4.92 Å². The van der Waals surface area contributed by atoms with Crippen LogP contribution in [0.1, 0.15) is 25.3 Å². The topological polar surface area (TPSA) is 67.2 Å². The highest BCUT2D eigenvalue weighted by molar-refractivity contribution is 7.80. The van der Waals surface area contributed by atoms with Gasteiger partial charge in [-0.15, -0.1) is 0 Å².